The molecule has 0 saturated carbocycles. The molecule has 1 fully saturated rings. The van der Waals surface area contributed by atoms with E-state index < -0.39 is 0 Å². The van der Waals surface area contributed by atoms with Crippen LogP contribution in [0.15, 0.2) is 24.7 Å². The monoisotopic (exact) mass is 316 g/mol. The van der Waals surface area contributed by atoms with Crippen LogP contribution in [0.5, 0.6) is 0 Å². The maximum absolute atomic E-state index is 12.6. The Bertz CT molecular complexity index is 685. The summed E-state index contributed by atoms with van der Waals surface area (Å²) in [5.41, 5.74) is 2.73. The molecule has 3 heterocycles. The van der Waals surface area contributed by atoms with Crippen LogP contribution in [-0.2, 0) is 4.74 Å². The van der Waals surface area contributed by atoms with E-state index in [2.05, 4.69) is 24.1 Å². The molecule has 0 spiro atoms. The second-order valence-corrected chi connectivity index (χ2v) is 6.10. The molecule has 124 valence electrons. The lowest BCUT2D eigenvalue weighted by molar-refractivity contribution is -0.0729. The standard InChI is InChI=1S/C17H24N4O2/c1-4-14-10-21(11-15(5-2)23-14)17(22)19-13-8-12(3)16-18-6-7-20(16)9-13/h6-9,14-15H,4-5,10-11H2,1-3H3,(H,19,22). The minimum atomic E-state index is -0.0657. The van der Waals surface area contributed by atoms with Crippen molar-refractivity contribution in [3.63, 3.8) is 0 Å². The lowest BCUT2D eigenvalue weighted by Crippen LogP contribution is -2.51. The second kappa shape index (κ2) is 6.58. The van der Waals surface area contributed by atoms with E-state index in [0.29, 0.717) is 13.1 Å². The maximum Gasteiger partial charge on any atom is 0.322 e. The van der Waals surface area contributed by atoms with Crippen LogP contribution in [0.3, 0.4) is 0 Å². The van der Waals surface area contributed by atoms with Gasteiger partial charge in [0.05, 0.1) is 17.9 Å². The van der Waals surface area contributed by atoms with Crippen molar-refractivity contribution in [1.82, 2.24) is 14.3 Å². The van der Waals surface area contributed by atoms with Gasteiger partial charge in [0.15, 0.2) is 0 Å². The number of pyridine rings is 1. The molecule has 6 heteroatoms. The Hall–Kier alpha value is -2.08. The molecule has 2 unspecified atom stereocenters. The molecule has 2 atom stereocenters. The lowest BCUT2D eigenvalue weighted by atomic mass is 10.1. The first-order valence-corrected chi connectivity index (χ1v) is 8.25. The number of aromatic nitrogens is 2. The van der Waals surface area contributed by atoms with Gasteiger partial charge in [-0.25, -0.2) is 9.78 Å². The molecule has 1 aliphatic rings. The van der Waals surface area contributed by atoms with Gasteiger partial charge in [0, 0.05) is 31.7 Å². The number of morpholine rings is 1. The number of carbonyl (C=O) groups is 1. The molecule has 0 bridgehead atoms. The normalized spacial score (nSPS) is 21.6. The van der Waals surface area contributed by atoms with E-state index in [9.17, 15) is 4.79 Å². The molecule has 2 aromatic heterocycles. The van der Waals surface area contributed by atoms with E-state index in [1.807, 2.05) is 34.7 Å². The Morgan fingerprint density at radius 3 is 2.70 bits per heavy atom. The number of nitrogens with one attached hydrogen (secondary N) is 1. The van der Waals surface area contributed by atoms with Crippen LogP contribution >= 0.6 is 0 Å². The van der Waals surface area contributed by atoms with Crippen LogP contribution in [0.4, 0.5) is 10.5 Å². The number of imidazole rings is 1. The van der Waals surface area contributed by atoms with E-state index in [0.717, 1.165) is 29.7 Å². The Morgan fingerprint density at radius 1 is 1.35 bits per heavy atom. The minimum Gasteiger partial charge on any atom is -0.371 e. The first-order chi connectivity index (χ1) is 11.1. The smallest absolute Gasteiger partial charge is 0.322 e. The van der Waals surface area contributed by atoms with Gasteiger partial charge in [-0.3, -0.25) is 0 Å². The van der Waals surface area contributed by atoms with E-state index in [1.165, 1.54) is 0 Å². The summed E-state index contributed by atoms with van der Waals surface area (Å²) in [6.45, 7) is 7.47. The molecule has 2 amide bonds. The third-order valence-electron chi connectivity index (χ3n) is 4.35. The highest BCUT2D eigenvalue weighted by Gasteiger charge is 2.28. The van der Waals surface area contributed by atoms with Gasteiger partial charge in [-0.2, -0.15) is 0 Å². The summed E-state index contributed by atoms with van der Waals surface area (Å²) in [7, 11) is 0. The largest absolute Gasteiger partial charge is 0.371 e. The van der Waals surface area contributed by atoms with Gasteiger partial charge in [-0.1, -0.05) is 13.8 Å². The van der Waals surface area contributed by atoms with Crippen molar-refractivity contribution in [2.24, 2.45) is 0 Å². The number of urea groups is 1. The van der Waals surface area contributed by atoms with Crippen LogP contribution in [0.2, 0.25) is 0 Å². The first-order valence-electron chi connectivity index (χ1n) is 8.25. The average molecular weight is 316 g/mol. The number of hydrogen-bond donors (Lipinski definition) is 1. The summed E-state index contributed by atoms with van der Waals surface area (Å²) in [6, 6.07) is 1.89. The Morgan fingerprint density at radius 2 is 2.04 bits per heavy atom. The molecule has 0 aliphatic carbocycles. The molecular weight excluding hydrogens is 292 g/mol. The Kier molecular flexibility index (Phi) is 4.52. The highest BCUT2D eigenvalue weighted by Crippen LogP contribution is 2.19. The lowest BCUT2D eigenvalue weighted by Gasteiger charge is -2.37. The zero-order valence-corrected chi connectivity index (χ0v) is 14.0. The molecule has 1 saturated heterocycles. The number of aryl methyl sites for hydroxylation is 1. The molecule has 2 aromatic rings. The minimum absolute atomic E-state index is 0.0657. The molecule has 0 aromatic carbocycles. The summed E-state index contributed by atoms with van der Waals surface area (Å²) in [5.74, 6) is 0. The number of ether oxygens (including phenoxy) is 1. The van der Waals surface area contributed by atoms with Crippen molar-refractivity contribution < 1.29 is 9.53 Å². The van der Waals surface area contributed by atoms with Gasteiger partial charge in [0.25, 0.3) is 0 Å². The van der Waals surface area contributed by atoms with E-state index in [-0.39, 0.29) is 18.2 Å². The number of nitrogens with zero attached hydrogens (tertiary/aromatic N) is 3. The van der Waals surface area contributed by atoms with Gasteiger partial charge in [-0.05, 0) is 31.4 Å². The first kappa shape index (κ1) is 15.8. The van der Waals surface area contributed by atoms with E-state index >= 15 is 0 Å². The number of anilines is 1. The number of rotatable bonds is 3. The van der Waals surface area contributed by atoms with Crippen molar-refractivity contribution in [1.29, 1.82) is 0 Å². The van der Waals surface area contributed by atoms with Crippen LogP contribution < -0.4 is 5.32 Å². The highest BCUT2D eigenvalue weighted by molar-refractivity contribution is 5.89. The van der Waals surface area contributed by atoms with E-state index in [1.54, 1.807) is 6.20 Å². The quantitative estimate of drug-likeness (QED) is 0.947. The SMILES string of the molecule is CCC1CN(C(=O)Nc2cc(C)c3nccn3c2)CC(CC)O1. The number of hydrogen-bond acceptors (Lipinski definition) is 3. The summed E-state index contributed by atoms with van der Waals surface area (Å²) in [4.78, 5) is 18.8. The molecule has 1 N–H and O–H groups in total. The third kappa shape index (κ3) is 3.32. The van der Waals surface area contributed by atoms with Crippen molar-refractivity contribution >= 4 is 17.4 Å². The predicted molar refractivity (Wildman–Crippen MR) is 89.8 cm³/mol. The fourth-order valence-corrected chi connectivity index (χ4v) is 3.02. The average Bonchev–Trinajstić information content (AvgIpc) is 3.03. The molecular formula is C17H24N4O2. The Labute approximate surface area is 136 Å². The van der Waals surface area contributed by atoms with Crippen LogP contribution in [-0.4, -0.2) is 45.6 Å². The molecule has 6 nitrogen and oxygen atoms in total. The van der Waals surface area contributed by atoms with Gasteiger partial charge in [0.2, 0.25) is 0 Å². The van der Waals surface area contributed by atoms with Crippen LogP contribution in [0.25, 0.3) is 5.65 Å². The fourth-order valence-electron chi connectivity index (χ4n) is 3.02. The zero-order chi connectivity index (χ0) is 16.4. The predicted octanol–water partition coefficient (Wildman–Crippen LogP) is 3.06. The van der Waals surface area contributed by atoms with Crippen molar-refractivity contribution in [3.05, 3.63) is 30.2 Å². The molecule has 1 aliphatic heterocycles. The summed E-state index contributed by atoms with van der Waals surface area (Å²) in [6.07, 6.45) is 7.61. The molecule has 3 rings (SSSR count). The second-order valence-electron chi connectivity index (χ2n) is 6.10. The van der Waals surface area contributed by atoms with Crippen molar-refractivity contribution in [2.75, 3.05) is 18.4 Å². The van der Waals surface area contributed by atoms with Gasteiger partial charge in [0.1, 0.15) is 5.65 Å². The number of carbonyl (C=O) groups excluding carboxylic acids is 1. The van der Waals surface area contributed by atoms with Crippen molar-refractivity contribution in [2.45, 2.75) is 45.8 Å². The summed E-state index contributed by atoms with van der Waals surface area (Å²) in [5, 5.41) is 3.01. The zero-order valence-electron chi connectivity index (χ0n) is 14.0. The summed E-state index contributed by atoms with van der Waals surface area (Å²) < 4.78 is 7.87. The van der Waals surface area contributed by atoms with Gasteiger partial charge < -0.3 is 19.4 Å². The van der Waals surface area contributed by atoms with E-state index in [4.69, 9.17) is 4.74 Å². The fraction of sp³-hybridized carbons (Fsp3) is 0.529. The van der Waals surface area contributed by atoms with Crippen molar-refractivity contribution in [3.8, 4) is 0 Å². The highest BCUT2D eigenvalue weighted by atomic mass is 16.5. The number of fused-ring (bicyclic) bond motifs is 1. The van der Waals surface area contributed by atoms with Crippen LogP contribution in [0, 0.1) is 6.92 Å². The van der Waals surface area contributed by atoms with Crippen LogP contribution in [0.1, 0.15) is 32.3 Å². The summed E-state index contributed by atoms with van der Waals surface area (Å²) >= 11 is 0. The van der Waals surface area contributed by atoms with Gasteiger partial charge in [-0.15, -0.1) is 0 Å². The number of amides is 2. The maximum atomic E-state index is 12.6. The van der Waals surface area contributed by atoms with Gasteiger partial charge >= 0.3 is 6.03 Å². The molecule has 23 heavy (non-hydrogen) atoms. The molecule has 0 radical (unpaired) electrons. The third-order valence-corrected chi connectivity index (χ3v) is 4.35. The Balaban J connectivity index is 1.74. The topological polar surface area (TPSA) is 58.9 Å².